The van der Waals surface area contributed by atoms with Gasteiger partial charge in [-0.25, -0.2) is 0 Å². The van der Waals surface area contributed by atoms with E-state index in [-0.39, 0.29) is 11.9 Å². The SMILES string of the molecule is COCC(COC(C)=O)c1ccc(C2CCCCC2)cc1. The monoisotopic (exact) mass is 290 g/mol. The summed E-state index contributed by atoms with van der Waals surface area (Å²) in [6, 6.07) is 8.80. The molecule has 1 unspecified atom stereocenters. The summed E-state index contributed by atoms with van der Waals surface area (Å²) < 4.78 is 10.4. The van der Waals surface area contributed by atoms with Crippen molar-refractivity contribution in [3.63, 3.8) is 0 Å². The van der Waals surface area contributed by atoms with Crippen LogP contribution in [-0.2, 0) is 14.3 Å². The molecule has 1 fully saturated rings. The van der Waals surface area contributed by atoms with Crippen LogP contribution in [0.3, 0.4) is 0 Å². The molecule has 1 aromatic rings. The summed E-state index contributed by atoms with van der Waals surface area (Å²) >= 11 is 0. The average molecular weight is 290 g/mol. The van der Waals surface area contributed by atoms with Gasteiger partial charge >= 0.3 is 5.97 Å². The van der Waals surface area contributed by atoms with E-state index in [0.29, 0.717) is 13.2 Å². The number of esters is 1. The normalized spacial score (nSPS) is 17.4. The Morgan fingerprint density at radius 3 is 2.38 bits per heavy atom. The molecule has 21 heavy (non-hydrogen) atoms. The molecule has 0 saturated heterocycles. The van der Waals surface area contributed by atoms with Crippen LogP contribution in [0.5, 0.6) is 0 Å². The molecule has 0 spiro atoms. The average Bonchev–Trinajstić information content (AvgIpc) is 2.52. The van der Waals surface area contributed by atoms with E-state index in [2.05, 4.69) is 24.3 Å². The van der Waals surface area contributed by atoms with Crippen molar-refractivity contribution in [2.75, 3.05) is 20.3 Å². The van der Waals surface area contributed by atoms with Crippen molar-refractivity contribution in [1.82, 2.24) is 0 Å². The molecule has 0 amide bonds. The van der Waals surface area contributed by atoms with Gasteiger partial charge in [-0.15, -0.1) is 0 Å². The van der Waals surface area contributed by atoms with Crippen molar-refractivity contribution in [3.05, 3.63) is 35.4 Å². The first-order valence-corrected chi connectivity index (χ1v) is 7.93. The first kappa shape index (κ1) is 16.0. The summed E-state index contributed by atoms with van der Waals surface area (Å²) in [6.45, 7) is 2.39. The second-order valence-electron chi connectivity index (χ2n) is 5.96. The molecular weight excluding hydrogens is 264 g/mol. The van der Waals surface area contributed by atoms with Crippen LogP contribution < -0.4 is 0 Å². The topological polar surface area (TPSA) is 35.5 Å². The van der Waals surface area contributed by atoms with Crippen molar-refractivity contribution in [2.24, 2.45) is 0 Å². The molecule has 0 aliphatic heterocycles. The minimum Gasteiger partial charge on any atom is -0.465 e. The van der Waals surface area contributed by atoms with E-state index in [1.807, 2.05) is 0 Å². The van der Waals surface area contributed by atoms with Crippen LogP contribution in [0.15, 0.2) is 24.3 Å². The number of benzene rings is 1. The van der Waals surface area contributed by atoms with Gasteiger partial charge in [0.15, 0.2) is 0 Å². The fourth-order valence-electron chi connectivity index (χ4n) is 3.14. The number of methoxy groups -OCH3 is 1. The molecule has 0 N–H and O–H groups in total. The Morgan fingerprint density at radius 1 is 1.14 bits per heavy atom. The summed E-state index contributed by atoms with van der Waals surface area (Å²) in [5.74, 6) is 0.594. The quantitative estimate of drug-likeness (QED) is 0.742. The van der Waals surface area contributed by atoms with Gasteiger partial charge in [0.2, 0.25) is 0 Å². The van der Waals surface area contributed by atoms with Crippen molar-refractivity contribution in [2.45, 2.75) is 50.9 Å². The Hall–Kier alpha value is -1.35. The third kappa shape index (κ3) is 4.85. The van der Waals surface area contributed by atoms with Crippen molar-refractivity contribution in [1.29, 1.82) is 0 Å². The Kier molecular flexibility index (Phi) is 6.24. The summed E-state index contributed by atoms with van der Waals surface area (Å²) in [5, 5.41) is 0. The number of rotatable bonds is 6. The van der Waals surface area contributed by atoms with Crippen LogP contribution in [-0.4, -0.2) is 26.3 Å². The lowest BCUT2D eigenvalue weighted by atomic mass is 9.83. The minimum absolute atomic E-state index is 0.110. The number of carbonyl (C=O) groups excluding carboxylic acids is 1. The molecule has 0 heterocycles. The van der Waals surface area contributed by atoms with Crippen LogP contribution in [0.4, 0.5) is 0 Å². The van der Waals surface area contributed by atoms with Crippen LogP contribution in [0, 0.1) is 0 Å². The molecule has 1 atom stereocenters. The zero-order valence-corrected chi connectivity index (χ0v) is 13.1. The summed E-state index contributed by atoms with van der Waals surface area (Å²) in [5.41, 5.74) is 2.62. The highest BCUT2D eigenvalue weighted by Gasteiger charge is 2.17. The number of carbonyl (C=O) groups is 1. The molecular formula is C18H26O3. The first-order chi connectivity index (χ1) is 10.2. The van der Waals surface area contributed by atoms with Crippen LogP contribution in [0.2, 0.25) is 0 Å². The first-order valence-electron chi connectivity index (χ1n) is 7.93. The van der Waals surface area contributed by atoms with Gasteiger partial charge in [0, 0.05) is 20.0 Å². The van der Waals surface area contributed by atoms with Gasteiger partial charge in [-0.05, 0) is 29.9 Å². The number of ether oxygens (including phenoxy) is 2. The van der Waals surface area contributed by atoms with Gasteiger partial charge in [0.25, 0.3) is 0 Å². The summed E-state index contributed by atoms with van der Waals surface area (Å²) in [6.07, 6.45) is 6.71. The van der Waals surface area contributed by atoms with Gasteiger partial charge in [-0.3, -0.25) is 4.79 Å². The Balaban J connectivity index is 2.01. The predicted octanol–water partition coefficient (Wildman–Crippen LogP) is 4.03. The van der Waals surface area contributed by atoms with E-state index in [1.165, 1.54) is 50.2 Å². The molecule has 0 aromatic heterocycles. The summed E-state index contributed by atoms with van der Waals surface area (Å²) in [4.78, 5) is 11.0. The lowest BCUT2D eigenvalue weighted by molar-refractivity contribution is -0.141. The van der Waals surface area contributed by atoms with E-state index in [0.717, 1.165) is 5.92 Å². The van der Waals surface area contributed by atoms with Crippen molar-refractivity contribution >= 4 is 5.97 Å². The Bertz CT molecular complexity index is 432. The molecule has 3 heteroatoms. The molecule has 116 valence electrons. The fourth-order valence-corrected chi connectivity index (χ4v) is 3.14. The third-order valence-corrected chi connectivity index (χ3v) is 4.34. The lowest BCUT2D eigenvalue weighted by Crippen LogP contribution is -2.15. The van der Waals surface area contributed by atoms with Crippen molar-refractivity contribution < 1.29 is 14.3 Å². The van der Waals surface area contributed by atoms with Crippen LogP contribution in [0.25, 0.3) is 0 Å². The Labute approximate surface area is 127 Å². The van der Waals surface area contributed by atoms with E-state index in [1.54, 1.807) is 7.11 Å². The summed E-state index contributed by atoms with van der Waals surface area (Å²) in [7, 11) is 1.68. The minimum atomic E-state index is -0.241. The fraction of sp³-hybridized carbons (Fsp3) is 0.611. The van der Waals surface area contributed by atoms with Crippen LogP contribution in [0.1, 0.15) is 62.0 Å². The van der Waals surface area contributed by atoms with Gasteiger partial charge in [0.05, 0.1) is 6.61 Å². The van der Waals surface area contributed by atoms with Gasteiger partial charge in [0.1, 0.15) is 6.61 Å². The number of hydrogen-bond donors (Lipinski definition) is 0. The molecule has 1 aliphatic carbocycles. The van der Waals surface area contributed by atoms with E-state index < -0.39 is 0 Å². The van der Waals surface area contributed by atoms with Crippen molar-refractivity contribution in [3.8, 4) is 0 Å². The second kappa shape index (κ2) is 8.18. The van der Waals surface area contributed by atoms with E-state index >= 15 is 0 Å². The highest BCUT2D eigenvalue weighted by atomic mass is 16.5. The second-order valence-corrected chi connectivity index (χ2v) is 5.96. The lowest BCUT2D eigenvalue weighted by Gasteiger charge is -2.23. The number of hydrogen-bond acceptors (Lipinski definition) is 3. The highest BCUT2D eigenvalue weighted by molar-refractivity contribution is 5.65. The zero-order valence-electron chi connectivity index (χ0n) is 13.1. The van der Waals surface area contributed by atoms with E-state index in [4.69, 9.17) is 9.47 Å². The standard InChI is InChI=1S/C18H26O3/c1-14(19)21-13-18(12-20-2)17-10-8-16(9-11-17)15-6-4-3-5-7-15/h8-11,15,18H,3-7,12-13H2,1-2H3. The molecule has 1 aliphatic rings. The molecule has 0 bridgehead atoms. The van der Waals surface area contributed by atoms with Crippen LogP contribution >= 0.6 is 0 Å². The van der Waals surface area contributed by atoms with Gasteiger partial charge < -0.3 is 9.47 Å². The third-order valence-electron chi connectivity index (χ3n) is 4.34. The maximum atomic E-state index is 11.0. The molecule has 0 radical (unpaired) electrons. The molecule has 1 saturated carbocycles. The smallest absolute Gasteiger partial charge is 0.302 e. The zero-order chi connectivity index (χ0) is 15.1. The van der Waals surface area contributed by atoms with E-state index in [9.17, 15) is 4.79 Å². The molecule has 3 nitrogen and oxygen atoms in total. The largest absolute Gasteiger partial charge is 0.465 e. The molecule has 1 aromatic carbocycles. The Morgan fingerprint density at radius 2 is 1.81 bits per heavy atom. The maximum Gasteiger partial charge on any atom is 0.302 e. The predicted molar refractivity (Wildman–Crippen MR) is 83.5 cm³/mol. The van der Waals surface area contributed by atoms with Gasteiger partial charge in [-0.2, -0.15) is 0 Å². The van der Waals surface area contributed by atoms with Gasteiger partial charge in [-0.1, -0.05) is 43.5 Å². The maximum absolute atomic E-state index is 11.0. The molecule has 2 rings (SSSR count). The highest BCUT2D eigenvalue weighted by Crippen LogP contribution is 2.33.